The third-order valence-corrected chi connectivity index (χ3v) is 7.13. The van der Waals surface area contributed by atoms with Gasteiger partial charge in [-0.3, -0.25) is 4.79 Å². The number of carbonyl (C=O) groups is 1. The Kier molecular flexibility index (Phi) is 8.21. The molecule has 0 saturated carbocycles. The summed E-state index contributed by atoms with van der Waals surface area (Å²) in [4.78, 5) is 19.0. The molecule has 2 aromatic carbocycles. The minimum Gasteiger partial charge on any atom is -0.333 e. The van der Waals surface area contributed by atoms with Crippen LogP contribution in [0.3, 0.4) is 0 Å². The minimum atomic E-state index is -3.73. The molecule has 1 amide bonds. The zero-order chi connectivity index (χ0) is 24.2. The molecule has 0 aliphatic carbocycles. The second-order valence-corrected chi connectivity index (χ2v) is 11.0. The van der Waals surface area contributed by atoms with Crippen molar-refractivity contribution in [1.82, 2.24) is 14.5 Å². The van der Waals surface area contributed by atoms with Crippen LogP contribution >= 0.6 is 23.2 Å². The lowest BCUT2D eigenvalue weighted by Gasteiger charge is -2.23. The van der Waals surface area contributed by atoms with E-state index >= 15 is 0 Å². The first-order valence-corrected chi connectivity index (χ1v) is 13.1. The van der Waals surface area contributed by atoms with Crippen molar-refractivity contribution in [3.8, 4) is 0 Å². The maximum absolute atomic E-state index is 13.3. The first kappa shape index (κ1) is 25.3. The average Bonchev–Trinajstić information content (AvgIpc) is 3.13. The topological polar surface area (TPSA) is 72.3 Å². The third-order valence-electron chi connectivity index (χ3n) is 5.07. The van der Waals surface area contributed by atoms with Crippen LogP contribution in [0, 0.1) is 5.92 Å². The van der Waals surface area contributed by atoms with Crippen molar-refractivity contribution in [3.63, 3.8) is 0 Å². The van der Waals surface area contributed by atoms with E-state index in [9.17, 15) is 13.2 Å². The molecule has 0 atom stereocenters. The lowest BCUT2D eigenvalue weighted by molar-refractivity contribution is 0.0748. The number of benzene rings is 2. The van der Waals surface area contributed by atoms with Gasteiger partial charge < -0.3 is 9.47 Å². The molecule has 0 N–H and O–H groups in total. The van der Waals surface area contributed by atoms with Crippen molar-refractivity contribution in [2.45, 2.75) is 44.8 Å². The fourth-order valence-electron chi connectivity index (χ4n) is 3.56. The highest BCUT2D eigenvalue weighted by atomic mass is 35.5. The number of hydrogen-bond acceptors (Lipinski definition) is 4. The number of imidazole rings is 1. The molecule has 6 nitrogen and oxygen atoms in total. The van der Waals surface area contributed by atoms with E-state index in [0.29, 0.717) is 40.0 Å². The molecule has 3 aromatic rings. The molecule has 3 rings (SSSR count). The summed E-state index contributed by atoms with van der Waals surface area (Å²) in [7, 11) is -3.73. The van der Waals surface area contributed by atoms with Crippen molar-refractivity contribution in [2.24, 2.45) is 5.92 Å². The summed E-state index contributed by atoms with van der Waals surface area (Å²) < 4.78 is 28.2. The predicted molar refractivity (Wildman–Crippen MR) is 131 cm³/mol. The maximum Gasteiger partial charge on any atom is 0.254 e. The molecule has 0 fully saturated rings. The SMILES string of the molecule is CCN(Cc1cnc(S(=O)(=O)Cc2cccc(Cl)c2)n1CC(C)C)C(=O)c1cccc(Cl)c1. The van der Waals surface area contributed by atoms with Gasteiger partial charge in [-0.2, -0.15) is 0 Å². The normalized spacial score (nSPS) is 11.7. The lowest BCUT2D eigenvalue weighted by atomic mass is 10.2. The van der Waals surface area contributed by atoms with Gasteiger partial charge in [0.1, 0.15) is 0 Å². The standard InChI is InChI=1S/C24H27Cl2N3O3S/c1-4-28(23(30)19-8-6-10-21(26)12-19)15-22-13-27-24(29(22)14-17(2)3)33(31,32)16-18-7-5-9-20(25)11-18/h5-13,17H,4,14-16H2,1-3H3. The van der Waals surface area contributed by atoms with Gasteiger partial charge in [0.25, 0.3) is 5.91 Å². The van der Waals surface area contributed by atoms with E-state index in [2.05, 4.69) is 4.98 Å². The zero-order valence-corrected chi connectivity index (χ0v) is 21.2. The highest BCUT2D eigenvalue weighted by molar-refractivity contribution is 7.90. The van der Waals surface area contributed by atoms with Crippen molar-refractivity contribution in [1.29, 1.82) is 0 Å². The van der Waals surface area contributed by atoms with Crippen LogP contribution in [0.4, 0.5) is 0 Å². The second kappa shape index (κ2) is 10.7. The first-order chi connectivity index (χ1) is 15.6. The zero-order valence-electron chi connectivity index (χ0n) is 18.8. The number of sulfone groups is 1. The fourth-order valence-corrected chi connectivity index (χ4v) is 5.46. The van der Waals surface area contributed by atoms with Gasteiger partial charge in [0.15, 0.2) is 0 Å². The summed E-state index contributed by atoms with van der Waals surface area (Å²) in [6.45, 7) is 7.03. The van der Waals surface area contributed by atoms with Crippen LogP contribution in [0.25, 0.3) is 0 Å². The Morgan fingerprint density at radius 1 is 1.09 bits per heavy atom. The van der Waals surface area contributed by atoms with Gasteiger partial charge in [-0.05, 0) is 48.7 Å². The highest BCUT2D eigenvalue weighted by Crippen LogP contribution is 2.22. The van der Waals surface area contributed by atoms with Crippen LogP contribution in [0.2, 0.25) is 10.0 Å². The molecule has 9 heteroatoms. The molecule has 0 aliphatic rings. The Bertz CT molecular complexity index is 1240. The van der Waals surface area contributed by atoms with Crippen molar-refractivity contribution in [2.75, 3.05) is 6.54 Å². The number of aromatic nitrogens is 2. The Morgan fingerprint density at radius 3 is 2.36 bits per heavy atom. The quantitative estimate of drug-likeness (QED) is 0.384. The Morgan fingerprint density at radius 2 is 1.76 bits per heavy atom. The number of rotatable bonds is 9. The Hall–Kier alpha value is -2.35. The van der Waals surface area contributed by atoms with Gasteiger partial charge in [-0.1, -0.05) is 55.2 Å². The van der Waals surface area contributed by atoms with Crippen molar-refractivity contribution in [3.05, 3.63) is 81.6 Å². The molecule has 1 aromatic heterocycles. The summed E-state index contributed by atoms with van der Waals surface area (Å²) in [6, 6.07) is 13.6. The van der Waals surface area contributed by atoms with Gasteiger partial charge in [0, 0.05) is 28.7 Å². The van der Waals surface area contributed by atoms with Crippen molar-refractivity contribution < 1.29 is 13.2 Å². The Balaban J connectivity index is 1.93. The van der Waals surface area contributed by atoms with Gasteiger partial charge in [-0.15, -0.1) is 0 Å². The largest absolute Gasteiger partial charge is 0.333 e. The summed E-state index contributed by atoms with van der Waals surface area (Å²) in [6.07, 6.45) is 1.54. The molecule has 0 radical (unpaired) electrons. The number of carbonyl (C=O) groups excluding carboxylic acids is 1. The fraction of sp³-hybridized carbons (Fsp3) is 0.333. The molecule has 1 heterocycles. The average molecular weight is 508 g/mol. The molecule has 0 aliphatic heterocycles. The van der Waals surface area contributed by atoms with E-state index < -0.39 is 9.84 Å². The van der Waals surface area contributed by atoms with Gasteiger partial charge in [0.05, 0.1) is 24.2 Å². The maximum atomic E-state index is 13.3. The highest BCUT2D eigenvalue weighted by Gasteiger charge is 2.26. The molecule has 176 valence electrons. The monoisotopic (exact) mass is 507 g/mol. The molecule has 0 unspecified atom stereocenters. The van der Waals surface area contributed by atoms with E-state index in [4.69, 9.17) is 23.2 Å². The number of halogens is 2. The van der Waals surface area contributed by atoms with Crippen LogP contribution < -0.4 is 0 Å². The van der Waals surface area contributed by atoms with E-state index in [1.165, 1.54) is 0 Å². The molecule has 33 heavy (non-hydrogen) atoms. The van der Waals surface area contributed by atoms with Crippen molar-refractivity contribution >= 4 is 38.9 Å². The molecule has 0 spiro atoms. The van der Waals surface area contributed by atoms with Gasteiger partial charge in [-0.25, -0.2) is 13.4 Å². The number of amides is 1. The second-order valence-electron chi connectivity index (χ2n) is 8.26. The predicted octanol–water partition coefficient (Wildman–Crippen LogP) is 5.48. The first-order valence-electron chi connectivity index (χ1n) is 10.7. The van der Waals surface area contributed by atoms with Crippen LogP contribution in [0.5, 0.6) is 0 Å². The number of nitrogens with zero attached hydrogens (tertiary/aromatic N) is 3. The summed E-state index contributed by atoms with van der Waals surface area (Å²) in [5, 5.41) is 0.959. The van der Waals surface area contributed by atoms with Crippen LogP contribution in [0.15, 0.2) is 59.9 Å². The molecule has 0 saturated heterocycles. The van der Waals surface area contributed by atoms with E-state index in [1.54, 1.807) is 64.2 Å². The van der Waals surface area contributed by atoms with E-state index in [0.717, 1.165) is 0 Å². The minimum absolute atomic E-state index is 0.00238. The summed E-state index contributed by atoms with van der Waals surface area (Å²) >= 11 is 12.1. The molecule has 0 bridgehead atoms. The lowest BCUT2D eigenvalue weighted by Crippen LogP contribution is -2.31. The van der Waals surface area contributed by atoms with Gasteiger partial charge >= 0.3 is 0 Å². The van der Waals surface area contributed by atoms with E-state index in [-0.39, 0.29) is 29.3 Å². The van der Waals surface area contributed by atoms with Crippen LogP contribution in [-0.2, 0) is 28.7 Å². The van der Waals surface area contributed by atoms with Crippen LogP contribution in [-0.4, -0.2) is 35.3 Å². The summed E-state index contributed by atoms with van der Waals surface area (Å²) in [5.74, 6) is -0.210. The third kappa shape index (κ3) is 6.37. The van der Waals surface area contributed by atoms with E-state index in [1.807, 2.05) is 20.8 Å². The summed E-state index contributed by atoms with van der Waals surface area (Å²) in [5.41, 5.74) is 1.73. The van der Waals surface area contributed by atoms with Crippen LogP contribution in [0.1, 0.15) is 42.4 Å². The van der Waals surface area contributed by atoms with Gasteiger partial charge in [0.2, 0.25) is 15.0 Å². The smallest absolute Gasteiger partial charge is 0.254 e. The molecular weight excluding hydrogens is 481 g/mol. The Labute approximate surface area is 205 Å². The molecular formula is C24H27Cl2N3O3S. The number of hydrogen-bond donors (Lipinski definition) is 0.